The van der Waals surface area contributed by atoms with E-state index in [4.69, 9.17) is 35.8 Å². The van der Waals surface area contributed by atoms with Gasteiger partial charge in [0, 0.05) is 49.0 Å². The Balaban J connectivity index is 1.94. The van der Waals surface area contributed by atoms with Gasteiger partial charge in [-0.3, -0.25) is 0 Å². The van der Waals surface area contributed by atoms with Crippen LogP contribution in [0.4, 0.5) is 5.82 Å². The number of pyridine rings is 1. The first-order valence-corrected chi connectivity index (χ1v) is 12.6. The molecule has 0 bridgehead atoms. The van der Waals surface area contributed by atoms with Crippen LogP contribution in [0.3, 0.4) is 0 Å². The molecule has 9 heteroatoms. The lowest BCUT2D eigenvalue weighted by Gasteiger charge is -2.24. The topological polar surface area (TPSA) is 69.6 Å². The summed E-state index contributed by atoms with van der Waals surface area (Å²) in [5, 5.41) is 2.11. The van der Waals surface area contributed by atoms with Gasteiger partial charge in [-0.25, -0.2) is 15.0 Å². The molecule has 1 saturated heterocycles. The predicted octanol–water partition coefficient (Wildman–Crippen LogP) is 5.26. The van der Waals surface area contributed by atoms with E-state index in [1.165, 1.54) is 11.8 Å². The van der Waals surface area contributed by atoms with Crippen molar-refractivity contribution in [1.82, 2.24) is 15.0 Å². The van der Waals surface area contributed by atoms with Crippen molar-refractivity contribution < 1.29 is 14.2 Å². The average Bonchev–Trinajstić information content (AvgIpc) is 3.35. The number of halogens is 1. The Labute approximate surface area is 203 Å². The van der Waals surface area contributed by atoms with Gasteiger partial charge in [0.1, 0.15) is 17.0 Å². The minimum Gasteiger partial charge on any atom is -0.496 e. The van der Waals surface area contributed by atoms with Crippen molar-refractivity contribution in [3.05, 3.63) is 28.9 Å². The zero-order chi connectivity index (χ0) is 23.5. The number of fused-ring (bicyclic) bond motifs is 1. The Kier molecular flexibility index (Phi) is 7.46. The van der Waals surface area contributed by atoms with Gasteiger partial charge in [0.25, 0.3) is 0 Å². The molecule has 3 heterocycles. The highest BCUT2D eigenvalue weighted by Gasteiger charge is 2.24. The van der Waals surface area contributed by atoms with Gasteiger partial charge in [0.05, 0.1) is 31.0 Å². The summed E-state index contributed by atoms with van der Waals surface area (Å²) in [6.07, 6.45) is 6.86. The molecule has 0 amide bonds. The molecular formula is C24H29ClN4O3S. The molecular weight excluding hydrogens is 460 g/mol. The van der Waals surface area contributed by atoms with Gasteiger partial charge in [-0.1, -0.05) is 30.3 Å². The zero-order valence-corrected chi connectivity index (χ0v) is 21.2. The Bertz CT molecular complexity index is 1150. The fraction of sp³-hybridized carbons (Fsp3) is 0.458. The number of aromatic nitrogens is 3. The number of benzene rings is 1. The maximum atomic E-state index is 6.84. The molecule has 1 aliphatic heterocycles. The molecule has 2 aromatic heterocycles. The van der Waals surface area contributed by atoms with Gasteiger partial charge in [-0.15, -0.1) is 0 Å². The van der Waals surface area contributed by atoms with Crippen LogP contribution < -0.4 is 14.4 Å². The number of nitrogens with zero attached hydrogens (tertiary/aromatic N) is 4. The van der Waals surface area contributed by atoms with Gasteiger partial charge in [0.2, 0.25) is 0 Å². The third kappa shape index (κ3) is 4.69. The minimum absolute atomic E-state index is 0.184. The van der Waals surface area contributed by atoms with Crippen molar-refractivity contribution in [3.63, 3.8) is 0 Å². The van der Waals surface area contributed by atoms with Gasteiger partial charge >= 0.3 is 0 Å². The molecule has 1 aromatic carbocycles. The molecule has 1 atom stereocenters. The Morgan fingerprint density at radius 3 is 2.64 bits per heavy atom. The third-order valence-electron chi connectivity index (χ3n) is 5.92. The SMILES string of the molecule is CCc1c(OC)cc(OC)c(Cl)c1-c1cc2cnc(SC)nc2c(N(C)CC2CCCO2)n1. The lowest BCUT2D eigenvalue weighted by molar-refractivity contribution is 0.116. The average molecular weight is 489 g/mol. The standard InChI is InChI=1S/C24H29ClN4O3S/c1-6-16-18(30-3)11-19(31-4)21(25)20(16)17-10-14-12-26-24(33-5)28-22(14)23(27-17)29(2)13-15-8-7-9-32-15/h10-12,15H,6-9,13H2,1-5H3. The van der Waals surface area contributed by atoms with E-state index >= 15 is 0 Å². The molecule has 3 aromatic rings. The summed E-state index contributed by atoms with van der Waals surface area (Å²) in [5.74, 6) is 2.04. The number of hydrogen-bond acceptors (Lipinski definition) is 8. The fourth-order valence-corrected chi connectivity index (χ4v) is 4.96. The van der Waals surface area contributed by atoms with Crippen LogP contribution in [0.2, 0.25) is 5.02 Å². The minimum atomic E-state index is 0.184. The molecule has 1 unspecified atom stereocenters. The number of anilines is 1. The van der Waals surface area contributed by atoms with Crippen LogP contribution in [0, 0.1) is 0 Å². The van der Waals surface area contributed by atoms with Crippen LogP contribution in [0.15, 0.2) is 23.5 Å². The number of methoxy groups -OCH3 is 2. The highest BCUT2D eigenvalue weighted by Crippen LogP contribution is 2.44. The van der Waals surface area contributed by atoms with Crippen molar-refractivity contribution in [3.8, 4) is 22.8 Å². The molecule has 0 spiro atoms. The second kappa shape index (κ2) is 10.3. The summed E-state index contributed by atoms with van der Waals surface area (Å²) in [6.45, 7) is 3.62. The first-order chi connectivity index (χ1) is 16.0. The monoisotopic (exact) mass is 488 g/mol. The molecule has 4 rings (SSSR count). The van der Waals surface area contributed by atoms with Crippen LogP contribution in [-0.4, -0.2) is 61.7 Å². The van der Waals surface area contributed by atoms with Crippen LogP contribution in [-0.2, 0) is 11.2 Å². The summed E-state index contributed by atoms with van der Waals surface area (Å²) in [7, 11) is 5.28. The smallest absolute Gasteiger partial charge is 0.187 e. The molecule has 0 radical (unpaired) electrons. The van der Waals surface area contributed by atoms with Gasteiger partial charge < -0.3 is 19.1 Å². The fourth-order valence-electron chi connectivity index (χ4n) is 4.28. The second-order valence-corrected chi connectivity index (χ2v) is 9.09. The van der Waals surface area contributed by atoms with Crippen molar-refractivity contribution in [2.24, 2.45) is 0 Å². The van der Waals surface area contributed by atoms with Crippen molar-refractivity contribution in [1.29, 1.82) is 0 Å². The summed E-state index contributed by atoms with van der Waals surface area (Å²) in [5.41, 5.74) is 3.32. The van der Waals surface area contributed by atoms with Crippen LogP contribution >= 0.6 is 23.4 Å². The maximum Gasteiger partial charge on any atom is 0.187 e. The summed E-state index contributed by atoms with van der Waals surface area (Å²) in [6, 6.07) is 3.81. The molecule has 0 aliphatic carbocycles. The number of thioether (sulfide) groups is 1. The maximum absolute atomic E-state index is 6.84. The second-order valence-electron chi connectivity index (χ2n) is 7.94. The summed E-state index contributed by atoms with van der Waals surface area (Å²) >= 11 is 8.34. The summed E-state index contributed by atoms with van der Waals surface area (Å²) in [4.78, 5) is 16.5. The quantitative estimate of drug-likeness (QED) is 0.314. The van der Waals surface area contributed by atoms with E-state index in [0.29, 0.717) is 15.9 Å². The lowest BCUT2D eigenvalue weighted by Crippen LogP contribution is -2.29. The molecule has 1 aliphatic rings. The first kappa shape index (κ1) is 23.9. The number of likely N-dealkylation sites (N-methyl/N-ethyl adjacent to an activating group) is 1. The van der Waals surface area contributed by atoms with E-state index in [0.717, 1.165) is 71.7 Å². The van der Waals surface area contributed by atoms with Crippen LogP contribution in [0.25, 0.3) is 22.2 Å². The van der Waals surface area contributed by atoms with Crippen molar-refractivity contribution in [2.45, 2.75) is 37.4 Å². The van der Waals surface area contributed by atoms with Crippen molar-refractivity contribution >= 4 is 40.1 Å². The first-order valence-electron chi connectivity index (χ1n) is 11.0. The largest absolute Gasteiger partial charge is 0.496 e. The molecule has 7 nitrogen and oxygen atoms in total. The zero-order valence-electron chi connectivity index (χ0n) is 19.6. The van der Waals surface area contributed by atoms with Crippen molar-refractivity contribution in [2.75, 3.05) is 45.6 Å². The van der Waals surface area contributed by atoms with E-state index in [1.54, 1.807) is 14.2 Å². The molecule has 0 N–H and O–H groups in total. The Hall–Kier alpha value is -2.29. The number of rotatable bonds is 8. The molecule has 176 valence electrons. The van der Waals surface area contributed by atoms with Gasteiger partial charge in [0.15, 0.2) is 11.0 Å². The Morgan fingerprint density at radius 1 is 1.21 bits per heavy atom. The third-order valence-corrected chi connectivity index (χ3v) is 6.85. The van der Waals surface area contributed by atoms with E-state index < -0.39 is 0 Å². The van der Waals surface area contributed by atoms with Crippen LogP contribution in [0.1, 0.15) is 25.3 Å². The van der Waals surface area contributed by atoms with Gasteiger partial charge in [-0.2, -0.15) is 0 Å². The lowest BCUT2D eigenvalue weighted by atomic mass is 9.99. The van der Waals surface area contributed by atoms with E-state index in [1.807, 2.05) is 31.6 Å². The number of ether oxygens (including phenoxy) is 3. The molecule has 0 saturated carbocycles. The van der Waals surface area contributed by atoms with Gasteiger partial charge in [-0.05, 0) is 31.6 Å². The van der Waals surface area contributed by atoms with Crippen LogP contribution in [0.5, 0.6) is 11.5 Å². The molecule has 1 fully saturated rings. The normalized spacial score (nSPS) is 15.8. The number of hydrogen-bond donors (Lipinski definition) is 0. The predicted molar refractivity (Wildman–Crippen MR) is 134 cm³/mol. The molecule has 33 heavy (non-hydrogen) atoms. The summed E-state index contributed by atoms with van der Waals surface area (Å²) < 4.78 is 17.1. The Morgan fingerprint density at radius 2 is 2.00 bits per heavy atom. The van der Waals surface area contributed by atoms with E-state index in [2.05, 4.69) is 16.8 Å². The highest BCUT2D eigenvalue weighted by molar-refractivity contribution is 7.98. The van der Waals surface area contributed by atoms with E-state index in [9.17, 15) is 0 Å². The highest BCUT2D eigenvalue weighted by atomic mass is 35.5. The van der Waals surface area contributed by atoms with E-state index in [-0.39, 0.29) is 6.10 Å².